The third-order valence-electron chi connectivity index (χ3n) is 5.82. The van der Waals surface area contributed by atoms with Gasteiger partial charge in [-0.1, -0.05) is 73.6 Å². The van der Waals surface area contributed by atoms with Gasteiger partial charge in [0.25, 0.3) is 0 Å². The van der Waals surface area contributed by atoms with Crippen LogP contribution in [0.3, 0.4) is 0 Å². The molecule has 0 radical (unpaired) electrons. The van der Waals surface area contributed by atoms with Crippen LogP contribution in [0.1, 0.15) is 53.8 Å². The Morgan fingerprint density at radius 1 is 0.900 bits per heavy atom. The van der Waals surface area contributed by atoms with Gasteiger partial charge in [0.15, 0.2) is 3.95 Å². The molecule has 2 aromatic carbocycles. The molecule has 3 aromatic rings. The van der Waals surface area contributed by atoms with Gasteiger partial charge in [0.2, 0.25) is 0 Å². The van der Waals surface area contributed by atoms with Crippen LogP contribution in [0, 0.1) is 9.77 Å². The van der Waals surface area contributed by atoms with Crippen molar-refractivity contribution in [2.75, 3.05) is 4.90 Å². The van der Waals surface area contributed by atoms with E-state index in [-0.39, 0.29) is 11.1 Å². The van der Waals surface area contributed by atoms with E-state index in [0.29, 0.717) is 6.04 Å². The molecule has 1 aliphatic carbocycles. The molecule has 2 nitrogen and oxygen atoms in total. The Balaban J connectivity index is 1.71. The van der Waals surface area contributed by atoms with Gasteiger partial charge in [-0.3, -0.25) is 4.90 Å². The summed E-state index contributed by atoms with van der Waals surface area (Å²) < 4.78 is 17.7. The molecule has 0 bridgehead atoms. The second-order valence-electron chi connectivity index (χ2n) is 7.70. The molecule has 30 heavy (non-hydrogen) atoms. The molecule has 0 N–H and O–H groups in total. The molecule has 0 spiro atoms. The molecule has 1 saturated carbocycles. The number of thiocarbonyl (C=S) groups is 1. The van der Waals surface area contributed by atoms with E-state index >= 15 is 0 Å². The standard InChI is InChI=1S/C23H21FN2S4/c24-16-11-13-18(14-12-16)26-21-20(19(29-22(26)27)15-7-3-1-4-8-15)30-23(28)25(21)17-9-5-2-6-10-17/h1,3-4,7-8,11-14,17,19H,2,5-6,9-10H2. The van der Waals surface area contributed by atoms with Gasteiger partial charge in [-0.2, -0.15) is 0 Å². The molecule has 1 unspecified atom stereocenters. The molecule has 0 saturated heterocycles. The SMILES string of the molecule is Fc1ccc(N2C(=S)SC(c3ccccc3)c3sc(=S)n(C4CCCCC4)c32)cc1. The summed E-state index contributed by atoms with van der Waals surface area (Å²) in [4.78, 5) is 3.34. The quantitative estimate of drug-likeness (QED) is 0.355. The first kappa shape index (κ1) is 20.4. The molecule has 0 amide bonds. The maximum absolute atomic E-state index is 13.6. The van der Waals surface area contributed by atoms with Crippen molar-refractivity contribution in [2.24, 2.45) is 0 Å². The first-order valence-electron chi connectivity index (χ1n) is 10.2. The minimum Gasteiger partial charge on any atom is -0.306 e. The summed E-state index contributed by atoms with van der Waals surface area (Å²) in [5, 5.41) is 0.127. The third-order valence-corrected chi connectivity index (χ3v) is 9.03. The highest BCUT2D eigenvalue weighted by molar-refractivity contribution is 8.23. The maximum atomic E-state index is 13.6. The second-order valence-corrected chi connectivity index (χ2v) is 11.1. The molecule has 2 heterocycles. The largest absolute Gasteiger partial charge is 0.306 e. The number of thioether (sulfide) groups is 1. The monoisotopic (exact) mass is 472 g/mol. The van der Waals surface area contributed by atoms with Crippen molar-refractivity contribution in [3.8, 4) is 0 Å². The van der Waals surface area contributed by atoms with E-state index in [1.807, 2.05) is 6.07 Å². The Morgan fingerprint density at radius 3 is 2.30 bits per heavy atom. The molecular weight excluding hydrogens is 452 g/mol. The Bertz CT molecular complexity index is 1110. The Kier molecular flexibility index (Phi) is 5.79. The molecule has 1 atom stereocenters. The van der Waals surface area contributed by atoms with Gasteiger partial charge in [-0.05, 0) is 54.9 Å². The van der Waals surface area contributed by atoms with E-state index in [4.69, 9.17) is 24.4 Å². The van der Waals surface area contributed by atoms with E-state index in [1.54, 1.807) is 35.2 Å². The van der Waals surface area contributed by atoms with E-state index in [9.17, 15) is 4.39 Å². The lowest BCUT2D eigenvalue weighted by molar-refractivity contribution is 0.355. The second kappa shape index (κ2) is 8.54. The van der Waals surface area contributed by atoms with Crippen molar-refractivity contribution in [1.82, 2.24) is 4.57 Å². The van der Waals surface area contributed by atoms with Crippen LogP contribution >= 0.6 is 47.5 Å². The lowest BCUT2D eigenvalue weighted by Gasteiger charge is -2.36. The van der Waals surface area contributed by atoms with Gasteiger partial charge in [0.1, 0.15) is 16.0 Å². The summed E-state index contributed by atoms with van der Waals surface area (Å²) in [5.74, 6) is 0.840. The first-order chi connectivity index (χ1) is 14.6. The number of aromatic nitrogens is 1. The third kappa shape index (κ3) is 3.66. The van der Waals surface area contributed by atoms with Crippen molar-refractivity contribution in [3.63, 3.8) is 0 Å². The van der Waals surface area contributed by atoms with Crippen LogP contribution in [0.15, 0.2) is 54.6 Å². The maximum Gasteiger partial charge on any atom is 0.163 e. The van der Waals surface area contributed by atoms with Gasteiger partial charge >= 0.3 is 0 Å². The van der Waals surface area contributed by atoms with E-state index < -0.39 is 0 Å². The minimum absolute atomic E-state index is 0.127. The molecule has 5 rings (SSSR count). The summed E-state index contributed by atoms with van der Waals surface area (Å²) in [6, 6.07) is 17.5. The number of thiazole rings is 1. The van der Waals surface area contributed by atoms with Gasteiger partial charge in [0.05, 0.1) is 10.1 Å². The molecule has 154 valence electrons. The van der Waals surface area contributed by atoms with Crippen LogP contribution in [0.5, 0.6) is 0 Å². The number of anilines is 2. The minimum atomic E-state index is -0.244. The topological polar surface area (TPSA) is 8.17 Å². The van der Waals surface area contributed by atoms with Crippen LogP contribution in [0.4, 0.5) is 15.9 Å². The molecular formula is C23H21FN2S4. The van der Waals surface area contributed by atoms with Gasteiger partial charge in [0, 0.05) is 11.7 Å². The van der Waals surface area contributed by atoms with Gasteiger partial charge < -0.3 is 4.57 Å². The number of hydrogen-bond acceptors (Lipinski definition) is 4. The fourth-order valence-electron chi connectivity index (χ4n) is 4.40. The van der Waals surface area contributed by atoms with Crippen LogP contribution in [0.25, 0.3) is 0 Å². The fraction of sp³-hybridized carbons (Fsp3) is 0.304. The summed E-state index contributed by atoms with van der Waals surface area (Å²) in [5.41, 5.74) is 2.12. The van der Waals surface area contributed by atoms with Crippen LogP contribution in [-0.4, -0.2) is 8.89 Å². The molecule has 1 aliphatic heterocycles. The summed E-state index contributed by atoms with van der Waals surface area (Å²) in [7, 11) is 0. The fourth-order valence-corrected chi connectivity index (χ4v) is 7.73. The highest BCUT2D eigenvalue weighted by Crippen LogP contribution is 2.53. The smallest absolute Gasteiger partial charge is 0.163 e. The van der Waals surface area contributed by atoms with E-state index in [1.165, 1.54) is 41.8 Å². The molecule has 2 aliphatic rings. The zero-order chi connectivity index (χ0) is 20.7. The Hall–Kier alpha value is -1.54. The predicted octanol–water partition coefficient (Wildman–Crippen LogP) is 8.18. The first-order valence-corrected chi connectivity index (χ1v) is 12.7. The van der Waals surface area contributed by atoms with Crippen LogP contribution < -0.4 is 4.90 Å². The normalized spacial score (nSPS) is 19.7. The zero-order valence-electron chi connectivity index (χ0n) is 16.3. The molecule has 1 fully saturated rings. The van der Waals surface area contributed by atoms with Crippen molar-refractivity contribution in [3.05, 3.63) is 74.8 Å². The number of nitrogens with zero attached hydrogens (tertiary/aromatic N) is 2. The van der Waals surface area contributed by atoms with Crippen LogP contribution in [-0.2, 0) is 0 Å². The number of rotatable bonds is 3. The lowest BCUT2D eigenvalue weighted by Crippen LogP contribution is -2.31. The average Bonchev–Trinajstić information content (AvgIpc) is 3.12. The Labute approximate surface area is 194 Å². The lowest BCUT2D eigenvalue weighted by atomic mass is 9.95. The van der Waals surface area contributed by atoms with Crippen molar-refractivity contribution in [2.45, 2.75) is 43.4 Å². The number of halogens is 1. The van der Waals surface area contributed by atoms with Crippen molar-refractivity contribution in [1.29, 1.82) is 0 Å². The molecule has 1 aromatic heterocycles. The highest BCUT2D eigenvalue weighted by Gasteiger charge is 2.37. The van der Waals surface area contributed by atoms with Gasteiger partial charge in [-0.15, -0.1) is 11.3 Å². The predicted molar refractivity (Wildman–Crippen MR) is 132 cm³/mol. The Morgan fingerprint density at radius 2 is 1.60 bits per heavy atom. The summed E-state index contributed by atoms with van der Waals surface area (Å²) in [6.07, 6.45) is 6.04. The number of hydrogen-bond donors (Lipinski definition) is 0. The summed E-state index contributed by atoms with van der Waals surface area (Å²) in [6.45, 7) is 0. The number of fused-ring (bicyclic) bond motifs is 1. The van der Waals surface area contributed by atoms with Crippen molar-refractivity contribution < 1.29 is 4.39 Å². The number of benzene rings is 2. The van der Waals surface area contributed by atoms with E-state index in [0.717, 1.165) is 32.6 Å². The van der Waals surface area contributed by atoms with Crippen molar-refractivity contribution >= 4 is 63.4 Å². The molecule has 7 heteroatoms. The summed E-state index contributed by atoms with van der Waals surface area (Å²) >= 11 is 15.2. The zero-order valence-corrected chi connectivity index (χ0v) is 19.6. The van der Waals surface area contributed by atoms with Gasteiger partial charge in [-0.25, -0.2) is 4.39 Å². The average molecular weight is 473 g/mol. The highest BCUT2D eigenvalue weighted by atomic mass is 32.2. The van der Waals surface area contributed by atoms with E-state index in [2.05, 4.69) is 33.7 Å². The van der Waals surface area contributed by atoms with Crippen LogP contribution in [0.2, 0.25) is 0 Å².